The molecule has 108 valence electrons. The maximum absolute atomic E-state index is 12.0. The van der Waals surface area contributed by atoms with Gasteiger partial charge in [-0.15, -0.1) is 11.3 Å². The zero-order valence-electron chi connectivity index (χ0n) is 11.8. The smallest absolute Gasteiger partial charge is 0.258 e. The lowest BCUT2D eigenvalue weighted by atomic mass is 10.1. The summed E-state index contributed by atoms with van der Waals surface area (Å²) in [7, 11) is 0. The van der Waals surface area contributed by atoms with Crippen molar-refractivity contribution in [1.29, 1.82) is 0 Å². The molecule has 1 atom stereocenters. The van der Waals surface area contributed by atoms with E-state index < -0.39 is 0 Å². The van der Waals surface area contributed by atoms with Crippen LogP contribution in [0.5, 0.6) is 0 Å². The van der Waals surface area contributed by atoms with Gasteiger partial charge in [-0.1, -0.05) is 0 Å². The molecule has 0 saturated heterocycles. The van der Waals surface area contributed by atoms with Crippen LogP contribution in [-0.2, 0) is 13.1 Å². The van der Waals surface area contributed by atoms with E-state index in [4.69, 9.17) is 0 Å². The first kappa shape index (κ1) is 12.8. The monoisotopic (exact) mass is 300 g/mol. The van der Waals surface area contributed by atoms with E-state index in [0.29, 0.717) is 6.04 Å². The number of fused-ring (bicyclic) bond motifs is 2. The van der Waals surface area contributed by atoms with E-state index in [1.165, 1.54) is 17.0 Å². The molecule has 0 radical (unpaired) electrons. The van der Waals surface area contributed by atoms with Crippen LogP contribution < -0.4 is 5.56 Å². The lowest BCUT2D eigenvalue weighted by molar-refractivity contribution is 0.159. The van der Waals surface area contributed by atoms with Crippen molar-refractivity contribution in [3.63, 3.8) is 0 Å². The van der Waals surface area contributed by atoms with E-state index >= 15 is 0 Å². The van der Waals surface area contributed by atoms with E-state index in [1.807, 2.05) is 5.38 Å². The average Bonchev–Trinajstić information content (AvgIpc) is 3.10. The van der Waals surface area contributed by atoms with Crippen molar-refractivity contribution in [1.82, 2.24) is 18.9 Å². The summed E-state index contributed by atoms with van der Waals surface area (Å²) >= 11 is 1.50. The van der Waals surface area contributed by atoms with Crippen molar-refractivity contribution < 1.29 is 0 Å². The highest BCUT2D eigenvalue weighted by molar-refractivity contribution is 7.15. The quantitative estimate of drug-likeness (QED) is 0.728. The van der Waals surface area contributed by atoms with Gasteiger partial charge in [0.05, 0.1) is 5.69 Å². The number of thiazole rings is 1. The van der Waals surface area contributed by atoms with E-state index in [0.717, 1.165) is 30.3 Å². The minimum Gasteiger partial charge on any atom is -0.349 e. The number of rotatable bonds is 2. The molecule has 0 amide bonds. The van der Waals surface area contributed by atoms with Gasteiger partial charge in [0, 0.05) is 55.2 Å². The zero-order valence-corrected chi connectivity index (χ0v) is 12.6. The standard InChI is InChI=1S/C15H16N4OS/c1-11-13-3-2-4-17(13)5-6-18(11)10-12-9-14(20)19-7-8-21-15(19)16-12/h2-4,7-9,11H,5-6,10H2,1H3. The number of aromatic nitrogens is 3. The molecule has 0 aliphatic carbocycles. The second-order valence-corrected chi connectivity index (χ2v) is 6.29. The van der Waals surface area contributed by atoms with Gasteiger partial charge in [0.15, 0.2) is 4.96 Å². The van der Waals surface area contributed by atoms with E-state index in [1.54, 1.807) is 16.7 Å². The third-order valence-electron chi connectivity index (χ3n) is 4.19. The Bertz CT molecular complexity index is 847. The second kappa shape index (κ2) is 4.82. The van der Waals surface area contributed by atoms with Crippen LogP contribution in [0.2, 0.25) is 0 Å². The lowest BCUT2D eigenvalue weighted by Gasteiger charge is -2.34. The highest BCUT2D eigenvalue weighted by atomic mass is 32.1. The van der Waals surface area contributed by atoms with Crippen LogP contribution in [0.4, 0.5) is 0 Å². The highest BCUT2D eigenvalue weighted by Gasteiger charge is 2.23. The van der Waals surface area contributed by atoms with Gasteiger partial charge in [0.25, 0.3) is 5.56 Å². The van der Waals surface area contributed by atoms with Crippen molar-refractivity contribution >= 4 is 16.3 Å². The molecule has 21 heavy (non-hydrogen) atoms. The first-order valence-electron chi connectivity index (χ1n) is 7.07. The predicted molar refractivity (Wildman–Crippen MR) is 82.6 cm³/mol. The molecule has 1 aliphatic rings. The molecule has 1 unspecified atom stereocenters. The van der Waals surface area contributed by atoms with Crippen LogP contribution in [0.25, 0.3) is 4.96 Å². The normalized spacial score (nSPS) is 19.0. The van der Waals surface area contributed by atoms with E-state index in [-0.39, 0.29) is 5.56 Å². The van der Waals surface area contributed by atoms with E-state index in [9.17, 15) is 4.79 Å². The average molecular weight is 300 g/mol. The van der Waals surface area contributed by atoms with Crippen LogP contribution in [0, 0.1) is 0 Å². The first-order chi connectivity index (χ1) is 10.2. The molecule has 6 heteroatoms. The Morgan fingerprint density at radius 1 is 1.38 bits per heavy atom. The Labute approximate surface area is 126 Å². The maximum Gasteiger partial charge on any atom is 0.258 e. The Hall–Kier alpha value is -1.92. The van der Waals surface area contributed by atoms with E-state index in [2.05, 4.69) is 39.7 Å². The van der Waals surface area contributed by atoms with Gasteiger partial charge in [-0.05, 0) is 19.1 Å². The number of hydrogen-bond donors (Lipinski definition) is 0. The molecule has 0 saturated carbocycles. The molecule has 0 spiro atoms. The summed E-state index contributed by atoms with van der Waals surface area (Å²) in [5.41, 5.74) is 2.19. The largest absolute Gasteiger partial charge is 0.349 e. The van der Waals surface area contributed by atoms with Gasteiger partial charge in [0.1, 0.15) is 0 Å². The van der Waals surface area contributed by atoms with Gasteiger partial charge in [-0.25, -0.2) is 4.98 Å². The summed E-state index contributed by atoms with van der Waals surface area (Å²) in [5.74, 6) is 0. The van der Waals surface area contributed by atoms with Gasteiger partial charge < -0.3 is 4.57 Å². The lowest BCUT2D eigenvalue weighted by Crippen LogP contribution is -2.36. The summed E-state index contributed by atoms with van der Waals surface area (Å²) in [5, 5.41) is 1.89. The van der Waals surface area contributed by atoms with Crippen molar-refractivity contribution in [2.45, 2.75) is 26.1 Å². The third-order valence-corrected chi connectivity index (χ3v) is 4.95. The predicted octanol–water partition coefficient (Wildman–Crippen LogP) is 2.13. The topological polar surface area (TPSA) is 42.5 Å². The van der Waals surface area contributed by atoms with Crippen molar-refractivity contribution in [3.8, 4) is 0 Å². The fourth-order valence-corrected chi connectivity index (χ4v) is 3.76. The number of nitrogens with zero attached hydrogens (tertiary/aromatic N) is 4. The van der Waals surface area contributed by atoms with Crippen molar-refractivity contribution in [2.75, 3.05) is 6.54 Å². The van der Waals surface area contributed by atoms with Crippen LogP contribution in [0.3, 0.4) is 0 Å². The highest BCUT2D eigenvalue weighted by Crippen LogP contribution is 2.26. The van der Waals surface area contributed by atoms with Gasteiger partial charge in [0.2, 0.25) is 0 Å². The zero-order chi connectivity index (χ0) is 14.4. The molecular formula is C15H16N4OS. The van der Waals surface area contributed by atoms with Crippen molar-refractivity contribution in [2.24, 2.45) is 0 Å². The maximum atomic E-state index is 12.0. The van der Waals surface area contributed by atoms with Crippen molar-refractivity contribution in [3.05, 3.63) is 57.7 Å². The molecule has 0 bridgehead atoms. The fraction of sp³-hybridized carbons (Fsp3) is 0.333. The Morgan fingerprint density at radius 3 is 3.19 bits per heavy atom. The molecule has 1 aliphatic heterocycles. The van der Waals surface area contributed by atoms with Crippen LogP contribution in [0.15, 0.2) is 40.8 Å². The summed E-state index contributed by atoms with van der Waals surface area (Å²) in [6, 6.07) is 6.26. The van der Waals surface area contributed by atoms with Crippen LogP contribution in [-0.4, -0.2) is 25.4 Å². The Morgan fingerprint density at radius 2 is 2.29 bits per heavy atom. The third kappa shape index (κ3) is 2.11. The molecule has 0 aromatic carbocycles. The Kier molecular flexibility index (Phi) is 2.94. The molecule has 0 N–H and O–H groups in total. The fourth-order valence-electron chi connectivity index (χ4n) is 3.02. The first-order valence-corrected chi connectivity index (χ1v) is 7.95. The molecule has 4 rings (SSSR count). The SMILES string of the molecule is CC1c2cccn2CCN1Cc1cc(=O)n2ccsc2n1. The van der Waals surface area contributed by atoms with Gasteiger partial charge in [-0.2, -0.15) is 0 Å². The molecule has 5 nitrogen and oxygen atoms in total. The van der Waals surface area contributed by atoms with Crippen LogP contribution in [0.1, 0.15) is 24.4 Å². The summed E-state index contributed by atoms with van der Waals surface area (Å²) in [4.78, 5) is 19.8. The van der Waals surface area contributed by atoms with Gasteiger partial charge >= 0.3 is 0 Å². The molecule has 0 fully saturated rings. The Balaban J connectivity index is 1.64. The minimum absolute atomic E-state index is 0.00397. The summed E-state index contributed by atoms with van der Waals surface area (Å²) in [6.07, 6.45) is 3.90. The van der Waals surface area contributed by atoms with Crippen LogP contribution >= 0.6 is 11.3 Å². The molecule has 3 aromatic rings. The molecular weight excluding hydrogens is 284 g/mol. The second-order valence-electron chi connectivity index (χ2n) is 5.41. The minimum atomic E-state index is 0.00397. The molecule has 3 aromatic heterocycles. The summed E-state index contributed by atoms with van der Waals surface area (Å²) in [6.45, 7) is 4.90. The number of hydrogen-bond acceptors (Lipinski definition) is 4. The summed E-state index contributed by atoms with van der Waals surface area (Å²) < 4.78 is 3.89. The molecule has 4 heterocycles. The van der Waals surface area contributed by atoms with Gasteiger partial charge in [-0.3, -0.25) is 14.1 Å².